The molecule has 0 aromatic rings. The summed E-state index contributed by atoms with van der Waals surface area (Å²) in [5.74, 6) is -0.0000378. The molecule has 0 amide bonds. The fourth-order valence-corrected chi connectivity index (χ4v) is 1.38. The average molecular weight is 223 g/mol. The van der Waals surface area contributed by atoms with E-state index in [4.69, 9.17) is 10.00 Å². The van der Waals surface area contributed by atoms with E-state index in [1.807, 2.05) is 6.07 Å². The summed E-state index contributed by atoms with van der Waals surface area (Å²) in [6, 6.07) is 1.97. The standard InChI is InChI=1S/C13H18FNO/c1-13(2,3)6-7-16-12-5-4-10(9-15)8-11(12)14/h8H,4-7H2,1-3H3. The van der Waals surface area contributed by atoms with E-state index in [1.165, 1.54) is 6.08 Å². The van der Waals surface area contributed by atoms with Gasteiger partial charge < -0.3 is 4.74 Å². The van der Waals surface area contributed by atoms with Gasteiger partial charge in [0.2, 0.25) is 0 Å². The van der Waals surface area contributed by atoms with E-state index in [-0.39, 0.29) is 5.41 Å². The fraction of sp³-hybridized carbons (Fsp3) is 0.615. The van der Waals surface area contributed by atoms with E-state index in [0.29, 0.717) is 30.8 Å². The molecule has 0 atom stereocenters. The van der Waals surface area contributed by atoms with Crippen LogP contribution in [0.1, 0.15) is 40.0 Å². The van der Waals surface area contributed by atoms with Crippen molar-refractivity contribution in [2.75, 3.05) is 6.61 Å². The number of nitrogens with zero attached hydrogens (tertiary/aromatic N) is 1. The number of hydrogen-bond donors (Lipinski definition) is 0. The minimum absolute atomic E-state index is 0.194. The first-order valence-electron chi connectivity index (χ1n) is 5.54. The summed E-state index contributed by atoms with van der Waals surface area (Å²) in [4.78, 5) is 0. The van der Waals surface area contributed by atoms with Gasteiger partial charge in [-0.3, -0.25) is 0 Å². The van der Waals surface area contributed by atoms with Crippen LogP contribution < -0.4 is 0 Å². The van der Waals surface area contributed by atoms with Gasteiger partial charge in [-0.1, -0.05) is 20.8 Å². The molecule has 0 heterocycles. The smallest absolute Gasteiger partial charge is 0.161 e. The van der Waals surface area contributed by atoms with Crippen LogP contribution >= 0.6 is 0 Å². The first kappa shape index (κ1) is 12.8. The van der Waals surface area contributed by atoms with Crippen molar-refractivity contribution >= 4 is 0 Å². The summed E-state index contributed by atoms with van der Waals surface area (Å²) in [6.45, 7) is 6.89. The molecule has 0 radical (unpaired) electrons. The van der Waals surface area contributed by atoms with Gasteiger partial charge in [-0.15, -0.1) is 0 Å². The fourth-order valence-electron chi connectivity index (χ4n) is 1.38. The number of nitriles is 1. The van der Waals surface area contributed by atoms with Crippen LogP contribution in [0.25, 0.3) is 0 Å². The van der Waals surface area contributed by atoms with Gasteiger partial charge in [-0.05, 0) is 24.3 Å². The maximum atomic E-state index is 13.4. The minimum atomic E-state index is -0.392. The van der Waals surface area contributed by atoms with Gasteiger partial charge in [-0.25, -0.2) is 4.39 Å². The van der Waals surface area contributed by atoms with Crippen molar-refractivity contribution in [3.8, 4) is 6.07 Å². The van der Waals surface area contributed by atoms with Crippen LogP contribution in [-0.4, -0.2) is 6.61 Å². The lowest BCUT2D eigenvalue weighted by Gasteiger charge is -2.20. The van der Waals surface area contributed by atoms with Crippen molar-refractivity contribution < 1.29 is 9.13 Å². The van der Waals surface area contributed by atoms with Crippen LogP contribution in [0.15, 0.2) is 23.2 Å². The van der Waals surface area contributed by atoms with Crippen molar-refractivity contribution in [3.05, 3.63) is 23.2 Å². The summed E-state index contributed by atoms with van der Waals surface area (Å²) in [5, 5.41) is 8.63. The van der Waals surface area contributed by atoms with Crippen molar-refractivity contribution in [1.82, 2.24) is 0 Å². The van der Waals surface area contributed by atoms with Gasteiger partial charge in [0.15, 0.2) is 5.83 Å². The van der Waals surface area contributed by atoms with Gasteiger partial charge in [0.1, 0.15) is 5.76 Å². The topological polar surface area (TPSA) is 33.0 Å². The molecule has 16 heavy (non-hydrogen) atoms. The number of rotatable bonds is 3. The predicted octanol–water partition coefficient (Wildman–Crippen LogP) is 3.86. The van der Waals surface area contributed by atoms with Crippen LogP contribution in [0.3, 0.4) is 0 Å². The normalized spacial score (nSPS) is 16.8. The largest absolute Gasteiger partial charge is 0.495 e. The van der Waals surface area contributed by atoms with E-state index < -0.39 is 5.83 Å². The van der Waals surface area contributed by atoms with Crippen LogP contribution in [0.4, 0.5) is 4.39 Å². The van der Waals surface area contributed by atoms with E-state index in [0.717, 1.165) is 6.42 Å². The lowest BCUT2D eigenvalue weighted by Crippen LogP contribution is -2.10. The molecule has 0 unspecified atom stereocenters. The van der Waals surface area contributed by atoms with Gasteiger partial charge >= 0.3 is 0 Å². The zero-order chi connectivity index (χ0) is 12.2. The summed E-state index contributed by atoms with van der Waals surface area (Å²) >= 11 is 0. The lowest BCUT2D eigenvalue weighted by atomic mass is 9.93. The molecule has 1 aliphatic rings. The Morgan fingerprint density at radius 1 is 1.44 bits per heavy atom. The predicted molar refractivity (Wildman–Crippen MR) is 61.1 cm³/mol. The third-order valence-electron chi connectivity index (χ3n) is 2.46. The summed E-state index contributed by atoms with van der Waals surface area (Å²) in [7, 11) is 0. The Bertz CT molecular complexity index is 355. The van der Waals surface area contributed by atoms with E-state index >= 15 is 0 Å². The second kappa shape index (κ2) is 5.16. The Balaban J connectivity index is 2.50. The number of hydrogen-bond acceptors (Lipinski definition) is 2. The molecule has 0 fully saturated rings. The zero-order valence-electron chi connectivity index (χ0n) is 10.1. The Hall–Kier alpha value is -1.30. The molecule has 1 rings (SSSR count). The Kier molecular flexibility index (Phi) is 4.12. The highest BCUT2D eigenvalue weighted by molar-refractivity contribution is 5.34. The molecular formula is C13H18FNO. The zero-order valence-corrected chi connectivity index (χ0v) is 10.1. The van der Waals surface area contributed by atoms with Crippen LogP contribution in [0.2, 0.25) is 0 Å². The van der Waals surface area contributed by atoms with Crippen molar-refractivity contribution in [2.45, 2.75) is 40.0 Å². The second-order valence-corrected chi connectivity index (χ2v) is 5.21. The molecule has 0 bridgehead atoms. The third-order valence-corrected chi connectivity index (χ3v) is 2.46. The minimum Gasteiger partial charge on any atom is -0.495 e. The highest BCUT2D eigenvalue weighted by atomic mass is 19.1. The molecule has 0 saturated carbocycles. The van der Waals surface area contributed by atoms with E-state index in [2.05, 4.69) is 20.8 Å². The molecular weight excluding hydrogens is 205 g/mol. The molecule has 88 valence electrons. The van der Waals surface area contributed by atoms with Crippen LogP contribution in [0, 0.1) is 16.7 Å². The van der Waals surface area contributed by atoms with E-state index in [9.17, 15) is 4.39 Å². The molecule has 0 aliphatic heterocycles. The SMILES string of the molecule is CC(C)(C)CCOC1=C(F)C=C(C#N)CC1. The summed E-state index contributed by atoms with van der Waals surface area (Å²) < 4.78 is 18.8. The molecule has 1 aliphatic carbocycles. The quantitative estimate of drug-likeness (QED) is 0.727. The number of allylic oxidation sites excluding steroid dienone is 4. The second-order valence-electron chi connectivity index (χ2n) is 5.21. The summed E-state index contributed by atoms with van der Waals surface area (Å²) in [5.41, 5.74) is 0.681. The van der Waals surface area contributed by atoms with Gasteiger partial charge in [-0.2, -0.15) is 5.26 Å². The van der Waals surface area contributed by atoms with Crippen molar-refractivity contribution in [2.24, 2.45) is 5.41 Å². The lowest BCUT2D eigenvalue weighted by molar-refractivity contribution is 0.156. The van der Waals surface area contributed by atoms with Crippen LogP contribution in [0.5, 0.6) is 0 Å². The third kappa shape index (κ3) is 4.06. The van der Waals surface area contributed by atoms with Gasteiger partial charge in [0.25, 0.3) is 0 Å². The van der Waals surface area contributed by atoms with Crippen molar-refractivity contribution in [1.29, 1.82) is 5.26 Å². The Morgan fingerprint density at radius 3 is 2.62 bits per heavy atom. The van der Waals surface area contributed by atoms with Gasteiger partial charge in [0.05, 0.1) is 12.7 Å². The molecule has 0 saturated heterocycles. The molecule has 0 spiro atoms. The first-order valence-corrected chi connectivity index (χ1v) is 5.54. The molecule has 0 aromatic carbocycles. The maximum Gasteiger partial charge on any atom is 0.161 e. The highest BCUT2D eigenvalue weighted by Gasteiger charge is 2.16. The van der Waals surface area contributed by atoms with Crippen molar-refractivity contribution in [3.63, 3.8) is 0 Å². The number of ether oxygens (including phenoxy) is 1. The maximum absolute atomic E-state index is 13.4. The average Bonchev–Trinajstić information content (AvgIpc) is 2.18. The highest BCUT2D eigenvalue weighted by Crippen LogP contribution is 2.26. The van der Waals surface area contributed by atoms with E-state index in [1.54, 1.807) is 0 Å². The molecule has 2 nitrogen and oxygen atoms in total. The summed E-state index contributed by atoms with van der Waals surface area (Å²) in [6.07, 6.45) is 3.23. The van der Waals surface area contributed by atoms with Crippen LogP contribution in [-0.2, 0) is 4.74 Å². The Morgan fingerprint density at radius 2 is 2.12 bits per heavy atom. The molecule has 0 aromatic heterocycles. The Labute approximate surface area is 96.4 Å². The van der Waals surface area contributed by atoms with Gasteiger partial charge in [0, 0.05) is 12.0 Å². The number of halogens is 1. The monoisotopic (exact) mass is 223 g/mol. The molecule has 3 heteroatoms. The first-order chi connectivity index (χ1) is 7.42. The molecule has 0 N–H and O–H groups in total.